The average Bonchev–Trinajstić information content (AvgIpc) is 1.79. The first-order chi connectivity index (χ1) is 5.46. The third kappa shape index (κ3) is 5.01. The Morgan fingerprint density at radius 1 is 1.15 bits per heavy atom. The molecule has 80 valence electrons. The van der Waals surface area contributed by atoms with Gasteiger partial charge in [-0.3, -0.25) is 0 Å². The molecule has 0 amide bonds. The Bertz CT molecular complexity index is 264. The van der Waals surface area contributed by atoms with E-state index < -0.39 is 40.7 Å². The fourth-order valence-electron chi connectivity index (χ4n) is 0.172. The molecule has 0 aliphatic carbocycles. The summed E-state index contributed by atoms with van der Waals surface area (Å²) in [5, 5.41) is 0. The maximum Gasteiger partial charge on any atom is 0.526 e. The zero-order valence-electron chi connectivity index (χ0n) is 7.14. The fourth-order valence-corrected chi connectivity index (χ4v) is 3.45. The van der Waals surface area contributed by atoms with Crippen LogP contribution in [0.2, 0.25) is 0 Å². The van der Waals surface area contributed by atoms with Crippen LogP contribution in [0, 0.1) is 0 Å². The summed E-state index contributed by atoms with van der Waals surface area (Å²) in [5.74, 6) is 0. The molecule has 0 bridgehead atoms. The van der Waals surface area contributed by atoms with Crippen LogP contribution in [-0.2, 0) is 12.6 Å². The van der Waals surface area contributed by atoms with Crippen molar-refractivity contribution in [3.8, 4) is 0 Å². The average molecular weight is 333 g/mol. The minimum atomic E-state index is -5.38. The second-order valence-electron chi connectivity index (χ2n) is 3.11. The fraction of sp³-hybridized carbons (Fsp3) is 1.00. The van der Waals surface area contributed by atoms with E-state index in [1.165, 1.54) is 0 Å². The van der Waals surface area contributed by atoms with Gasteiger partial charge in [0.05, 0.1) is 0 Å². The van der Waals surface area contributed by atoms with Crippen molar-refractivity contribution in [2.45, 2.75) is 29.7 Å². The van der Waals surface area contributed by atoms with Crippen LogP contribution in [0.1, 0.15) is 20.8 Å². The normalized spacial score (nSPS) is 14.6. The molecule has 8 heteroatoms. The van der Waals surface area contributed by atoms with Crippen LogP contribution in [0.15, 0.2) is 0 Å². The Labute approximate surface area is 85.6 Å². The Hall–Kier alpha value is 0.430. The van der Waals surface area contributed by atoms with E-state index in [1.54, 1.807) is 20.8 Å². The van der Waals surface area contributed by atoms with Crippen LogP contribution in [0.3, 0.4) is 0 Å². The summed E-state index contributed by atoms with van der Waals surface area (Å²) in [6, 6.07) is 0. The zero-order chi connectivity index (χ0) is 10.9. The first-order valence-electron chi connectivity index (χ1n) is 3.11. The molecule has 0 aromatic rings. The van der Waals surface area contributed by atoms with Crippen molar-refractivity contribution < 1.29 is 45.7 Å². The topological polar surface area (TPSA) is 43.4 Å². The van der Waals surface area contributed by atoms with Crippen molar-refractivity contribution >= 4 is 10.1 Å². The van der Waals surface area contributed by atoms with E-state index in [-0.39, 0.29) is 0 Å². The van der Waals surface area contributed by atoms with Gasteiger partial charge in [-0.2, -0.15) is 21.6 Å². The van der Waals surface area contributed by atoms with Crippen LogP contribution >= 0.6 is 0 Å². The molecule has 0 aliphatic rings. The highest BCUT2D eigenvalue weighted by atomic mass is 127. The van der Waals surface area contributed by atoms with E-state index in [9.17, 15) is 21.6 Å². The first-order valence-corrected chi connectivity index (χ1v) is 6.48. The Morgan fingerprint density at radius 2 is 1.54 bits per heavy atom. The third-order valence-electron chi connectivity index (χ3n) is 0.629. The quantitative estimate of drug-likeness (QED) is 0.357. The van der Waals surface area contributed by atoms with Crippen molar-refractivity contribution in [1.29, 1.82) is 0 Å². The number of alkyl halides is 4. The van der Waals surface area contributed by atoms with E-state index >= 15 is 0 Å². The van der Waals surface area contributed by atoms with Crippen molar-refractivity contribution in [2.75, 3.05) is 0 Å². The van der Waals surface area contributed by atoms with Crippen LogP contribution in [0.5, 0.6) is 0 Å². The van der Waals surface area contributed by atoms with Gasteiger partial charge in [0.2, 0.25) is 0 Å². The van der Waals surface area contributed by atoms with Gasteiger partial charge in [-0.1, -0.05) is 0 Å². The number of halogens is 4. The molecule has 0 unspecified atom stereocenters. The van der Waals surface area contributed by atoms with Crippen LogP contribution in [-0.4, -0.2) is 17.3 Å². The van der Waals surface area contributed by atoms with Gasteiger partial charge >= 0.3 is 37.2 Å². The number of hydrogen-bond donors (Lipinski definition) is 0. The van der Waals surface area contributed by atoms with Crippen LogP contribution in [0.25, 0.3) is 0 Å². The number of rotatable bonds is 2. The lowest BCUT2D eigenvalue weighted by Gasteiger charge is -2.03. The van der Waals surface area contributed by atoms with Gasteiger partial charge in [0.1, 0.15) is 0 Å². The largest absolute Gasteiger partial charge is 0.526 e. The van der Waals surface area contributed by atoms with Gasteiger partial charge in [-0.25, -0.2) is 0 Å². The zero-order valence-corrected chi connectivity index (χ0v) is 10.1. The minimum Gasteiger partial charge on any atom is -0.186 e. The standard InChI is InChI=1S/C5H9F3IO3S/c1-4(2,3)9-12-13(10,11)5(6,7)8/h1-3H3/q+1. The highest BCUT2D eigenvalue weighted by molar-refractivity contribution is 7.87. The Balaban J connectivity index is 4.40. The van der Waals surface area contributed by atoms with E-state index in [0.29, 0.717) is 0 Å². The molecule has 3 nitrogen and oxygen atoms in total. The van der Waals surface area contributed by atoms with Gasteiger partial charge in [0.25, 0.3) is 0 Å². The van der Waals surface area contributed by atoms with Crippen molar-refractivity contribution in [1.82, 2.24) is 0 Å². The van der Waals surface area contributed by atoms with Crippen molar-refractivity contribution in [2.24, 2.45) is 0 Å². The van der Waals surface area contributed by atoms with Gasteiger partial charge in [0.15, 0.2) is 3.42 Å². The molecule has 0 aromatic carbocycles. The molecular weight excluding hydrogens is 324 g/mol. The summed E-state index contributed by atoms with van der Waals surface area (Å²) < 4.78 is 59.3. The number of hydrogen-bond acceptors (Lipinski definition) is 3. The second-order valence-corrected chi connectivity index (χ2v) is 9.36. The van der Waals surface area contributed by atoms with Crippen LogP contribution in [0.4, 0.5) is 13.2 Å². The summed E-state index contributed by atoms with van der Waals surface area (Å²) in [6.07, 6.45) is 0. The summed E-state index contributed by atoms with van der Waals surface area (Å²) >= 11 is -1.48. The van der Waals surface area contributed by atoms with E-state index in [0.717, 1.165) is 0 Å². The molecule has 0 aromatic heterocycles. The summed E-state index contributed by atoms with van der Waals surface area (Å²) in [5.41, 5.74) is -5.31. The summed E-state index contributed by atoms with van der Waals surface area (Å²) in [6.45, 7) is 4.85. The highest BCUT2D eigenvalue weighted by Crippen LogP contribution is 2.22. The molecule has 0 aliphatic heterocycles. The predicted molar refractivity (Wildman–Crippen MR) is 35.8 cm³/mol. The molecule has 0 radical (unpaired) electrons. The molecule has 0 fully saturated rings. The summed E-state index contributed by atoms with van der Waals surface area (Å²) in [4.78, 5) is 0. The molecule has 0 saturated heterocycles. The molecule has 0 rings (SSSR count). The lowest BCUT2D eigenvalue weighted by atomic mass is 10.3. The Kier molecular flexibility index (Phi) is 4.02. The van der Waals surface area contributed by atoms with E-state index in [1.807, 2.05) is 0 Å². The van der Waals surface area contributed by atoms with E-state index in [2.05, 4.69) is 2.51 Å². The van der Waals surface area contributed by atoms with Crippen molar-refractivity contribution in [3.05, 3.63) is 0 Å². The summed E-state index contributed by atoms with van der Waals surface area (Å²) in [7, 11) is -5.38. The maximum atomic E-state index is 11.7. The molecule has 0 N–H and O–H groups in total. The smallest absolute Gasteiger partial charge is 0.186 e. The predicted octanol–water partition coefficient (Wildman–Crippen LogP) is -1.34. The van der Waals surface area contributed by atoms with Gasteiger partial charge in [-0.15, -0.1) is 0 Å². The molecule has 0 spiro atoms. The van der Waals surface area contributed by atoms with Gasteiger partial charge < -0.3 is 0 Å². The molecule has 0 atom stereocenters. The molecule has 0 heterocycles. The SMILES string of the molecule is CC(C)(C)[I+]OS(=O)(=O)C(F)(F)F. The molecular formula is C5H9F3IO3S+. The Morgan fingerprint density at radius 3 is 1.77 bits per heavy atom. The third-order valence-corrected chi connectivity index (χ3v) is 4.71. The lowest BCUT2D eigenvalue weighted by molar-refractivity contribution is -0.903. The van der Waals surface area contributed by atoms with E-state index in [4.69, 9.17) is 0 Å². The molecule has 0 saturated carbocycles. The minimum absolute atomic E-state index is 0.517. The van der Waals surface area contributed by atoms with Gasteiger partial charge in [0, 0.05) is 0 Å². The van der Waals surface area contributed by atoms with Crippen molar-refractivity contribution in [3.63, 3.8) is 0 Å². The lowest BCUT2D eigenvalue weighted by Crippen LogP contribution is -3.67. The second kappa shape index (κ2) is 3.89. The van der Waals surface area contributed by atoms with Gasteiger partial charge in [-0.05, 0) is 23.3 Å². The monoisotopic (exact) mass is 333 g/mol. The molecule has 13 heavy (non-hydrogen) atoms. The van der Waals surface area contributed by atoms with Crippen LogP contribution < -0.4 is 21.6 Å². The first kappa shape index (κ1) is 13.4. The highest BCUT2D eigenvalue weighted by Gasteiger charge is 2.53. The maximum absolute atomic E-state index is 11.7.